The fraction of sp³-hybridized carbons (Fsp3) is 0.824. The van der Waals surface area contributed by atoms with Crippen molar-refractivity contribution in [3.05, 3.63) is 36.5 Å². The molecule has 0 aromatic heterocycles. The molecule has 332 valence electrons. The first-order valence-electron chi connectivity index (χ1n) is 24.5. The highest BCUT2D eigenvalue weighted by Gasteiger charge is 2.19. The normalized spacial score (nSPS) is 12.3. The summed E-state index contributed by atoms with van der Waals surface area (Å²) in [5, 5.41) is 0. The largest absolute Gasteiger partial charge is 0.462 e. The van der Waals surface area contributed by atoms with Gasteiger partial charge in [0.15, 0.2) is 6.10 Å². The summed E-state index contributed by atoms with van der Waals surface area (Å²) in [7, 11) is 0. The molecule has 6 nitrogen and oxygen atoms in total. The molecule has 0 saturated heterocycles. The van der Waals surface area contributed by atoms with Crippen LogP contribution in [0.25, 0.3) is 0 Å². The van der Waals surface area contributed by atoms with Crippen LogP contribution in [0.1, 0.15) is 252 Å². The van der Waals surface area contributed by atoms with Gasteiger partial charge in [-0.2, -0.15) is 0 Å². The summed E-state index contributed by atoms with van der Waals surface area (Å²) in [6.45, 7) is 6.55. The Morgan fingerprint density at radius 2 is 0.596 bits per heavy atom. The lowest BCUT2D eigenvalue weighted by Gasteiger charge is -2.18. The van der Waals surface area contributed by atoms with Crippen LogP contribution >= 0.6 is 0 Å². The molecule has 0 aliphatic rings. The standard InChI is InChI=1S/C51H92O6/c1-4-7-10-13-16-19-22-24-25-26-27-30-32-35-38-41-44-50(53)56-47-48(46-55-49(52)43-40-37-34-31-28-21-18-15-12-9-6-3)57-51(54)45-42-39-36-33-29-23-20-17-14-11-8-5-2/h15,17-18,20,25-26,48H,4-14,16,19,21-24,27-47H2,1-3H3/b18-15-,20-17-,26-25-/t48-/m1/s1. The number of allylic oxidation sites excluding steroid dienone is 6. The van der Waals surface area contributed by atoms with Crippen LogP contribution in [0.4, 0.5) is 0 Å². The molecule has 0 aromatic rings. The van der Waals surface area contributed by atoms with E-state index in [9.17, 15) is 14.4 Å². The van der Waals surface area contributed by atoms with Crippen molar-refractivity contribution in [3.63, 3.8) is 0 Å². The third kappa shape index (κ3) is 44.6. The van der Waals surface area contributed by atoms with Gasteiger partial charge in [-0.1, -0.05) is 179 Å². The van der Waals surface area contributed by atoms with Crippen molar-refractivity contribution >= 4 is 17.9 Å². The van der Waals surface area contributed by atoms with Crippen molar-refractivity contribution < 1.29 is 28.6 Å². The molecule has 0 unspecified atom stereocenters. The van der Waals surface area contributed by atoms with E-state index in [4.69, 9.17) is 14.2 Å². The topological polar surface area (TPSA) is 78.9 Å². The van der Waals surface area contributed by atoms with Crippen LogP contribution in [0, 0.1) is 0 Å². The van der Waals surface area contributed by atoms with Crippen molar-refractivity contribution in [2.45, 2.75) is 258 Å². The van der Waals surface area contributed by atoms with Crippen LogP contribution in [0.15, 0.2) is 36.5 Å². The minimum atomic E-state index is -0.779. The SMILES string of the molecule is CCCC/C=C\CCCCCCCC(=O)OC[C@H](COC(=O)CCCCCCC/C=C\CCCCCCCCC)OC(=O)CCCCCCC/C=C\CCCCC. The van der Waals surface area contributed by atoms with Crippen molar-refractivity contribution in [3.8, 4) is 0 Å². The Labute approximate surface area is 353 Å². The van der Waals surface area contributed by atoms with E-state index in [1.807, 2.05) is 0 Å². The van der Waals surface area contributed by atoms with E-state index in [1.165, 1.54) is 128 Å². The van der Waals surface area contributed by atoms with E-state index in [0.717, 1.165) is 83.5 Å². The van der Waals surface area contributed by atoms with E-state index < -0.39 is 6.10 Å². The second-order valence-corrected chi connectivity index (χ2v) is 16.4. The highest BCUT2D eigenvalue weighted by atomic mass is 16.6. The highest BCUT2D eigenvalue weighted by Crippen LogP contribution is 2.14. The molecule has 0 N–H and O–H groups in total. The molecule has 0 heterocycles. The Morgan fingerprint density at radius 1 is 0.333 bits per heavy atom. The van der Waals surface area contributed by atoms with Gasteiger partial charge in [0.2, 0.25) is 0 Å². The second kappa shape index (κ2) is 46.3. The predicted octanol–water partition coefficient (Wildman–Crippen LogP) is 15.8. The average molecular weight is 801 g/mol. The van der Waals surface area contributed by atoms with Gasteiger partial charge in [0, 0.05) is 19.3 Å². The Bertz CT molecular complexity index is 969. The molecular weight excluding hydrogens is 709 g/mol. The molecule has 0 rings (SSSR count). The Balaban J connectivity index is 4.37. The number of hydrogen-bond acceptors (Lipinski definition) is 6. The third-order valence-electron chi connectivity index (χ3n) is 10.6. The minimum absolute atomic E-state index is 0.0815. The minimum Gasteiger partial charge on any atom is -0.462 e. The maximum absolute atomic E-state index is 12.7. The molecule has 57 heavy (non-hydrogen) atoms. The fourth-order valence-corrected chi connectivity index (χ4v) is 6.82. The van der Waals surface area contributed by atoms with Gasteiger partial charge in [-0.05, 0) is 89.9 Å². The van der Waals surface area contributed by atoms with Crippen molar-refractivity contribution in [1.82, 2.24) is 0 Å². The zero-order chi connectivity index (χ0) is 41.5. The molecule has 0 saturated carbocycles. The number of esters is 3. The molecular formula is C51H92O6. The van der Waals surface area contributed by atoms with E-state index in [1.54, 1.807) is 0 Å². The Morgan fingerprint density at radius 3 is 0.965 bits per heavy atom. The quantitative estimate of drug-likeness (QED) is 0.0264. The zero-order valence-electron chi connectivity index (χ0n) is 37.9. The lowest BCUT2D eigenvalue weighted by molar-refractivity contribution is -0.167. The summed E-state index contributed by atoms with van der Waals surface area (Å²) in [5.74, 6) is -0.904. The first-order valence-corrected chi connectivity index (χ1v) is 24.5. The third-order valence-corrected chi connectivity index (χ3v) is 10.6. The molecule has 6 heteroatoms. The van der Waals surface area contributed by atoms with Crippen molar-refractivity contribution in [2.75, 3.05) is 13.2 Å². The molecule has 0 aliphatic heterocycles. The van der Waals surface area contributed by atoms with Crippen LogP contribution in [0.2, 0.25) is 0 Å². The van der Waals surface area contributed by atoms with Gasteiger partial charge >= 0.3 is 17.9 Å². The maximum atomic E-state index is 12.7. The molecule has 0 spiro atoms. The van der Waals surface area contributed by atoms with Crippen LogP contribution in [0.5, 0.6) is 0 Å². The lowest BCUT2D eigenvalue weighted by Crippen LogP contribution is -2.30. The molecule has 0 aliphatic carbocycles. The van der Waals surface area contributed by atoms with Gasteiger partial charge in [-0.15, -0.1) is 0 Å². The van der Waals surface area contributed by atoms with Gasteiger partial charge < -0.3 is 14.2 Å². The summed E-state index contributed by atoms with van der Waals surface area (Å²) in [6, 6.07) is 0. The van der Waals surface area contributed by atoms with Gasteiger partial charge in [-0.3, -0.25) is 14.4 Å². The van der Waals surface area contributed by atoms with Gasteiger partial charge in [-0.25, -0.2) is 0 Å². The monoisotopic (exact) mass is 801 g/mol. The van der Waals surface area contributed by atoms with Crippen LogP contribution in [0.3, 0.4) is 0 Å². The summed E-state index contributed by atoms with van der Waals surface area (Å²) in [5.41, 5.74) is 0. The van der Waals surface area contributed by atoms with Crippen LogP contribution in [-0.2, 0) is 28.6 Å². The molecule has 0 bridgehead atoms. The molecule has 0 aromatic carbocycles. The molecule has 0 amide bonds. The van der Waals surface area contributed by atoms with Crippen molar-refractivity contribution in [1.29, 1.82) is 0 Å². The number of carbonyl (C=O) groups is 3. The van der Waals surface area contributed by atoms with Crippen molar-refractivity contribution in [2.24, 2.45) is 0 Å². The smallest absolute Gasteiger partial charge is 0.306 e. The Hall–Kier alpha value is -2.37. The average Bonchev–Trinajstić information content (AvgIpc) is 3.21. The number of unbranched alkanes of at least 4 members (excludes halogenated alkanes) is 27. The van der Waals surface area contributed by atoms with Crippen LogP contribution < -0.4 is 0 Å². The summed E-state index contributed by atoms with van der Waals surface area (Å²) in [4.78, 5) is 37.8. The Kier molecular flexibility index (Phi) is 44.4. The number of ether oxygens (including phenoxy) is 3. The summed E-state index contributed by atoms with van der Waals surface area (Å²) < 4.78 is 16.7. The van der Waals surface area contributed by atoms with Crippen LogP contribution in [-0.4, -0.2) is 37.2 Å². The molecule has 0 fully saturated rings. The lowest BCUT2D eigenvalue weighted by atomic mass is 10.1. The molecule has 0 radical (unpaired) electrons. The number of rotatable bonds is 44. The van der Waals surface area contributed by atoms with Gasteiger partial charge in [0.1, 0.15) is 13.2 Å². The number of hydrogen-bond donors (Lipinski definition) is 0. The first-order chi connectivity index (χ1) is 28.0. The summed E-state index contributed by atoms with van der Waals surface area (Å²) >= 11 is 0. The fourth-order valence-electron chi connectivity index (χ4n) is 6.82. The van der Waals surface area contributed by atoms with Gasteiger partial charge in [0.25, 0.3) is 0 Å². The maximum Gasteiger partial charge on any atom is 0.306 e. The first kappa shape index (κ1) is 54.6. The second-order valence-electron chi connectivity index (χ2n) is 16.4. The van der Waals surface area contributed by atoms with E-state index >= 15 is 0 Å². The summed E-state index contributed by atoms with van der Waals surface area (Å²) in [6.07, 6.45) is 52.7. The van der Waals surface area contributed by atoms with E-state index in [0.29, 0.717) is 19.3 Å². The van der Waals surface area contributed by atoms with Gasteiger partial charge in [0.05, 0.1) is 0 Å². The predicted molar refractivity (Wildman–Crippen MR) is 242 cm³/mol. The highest BCUT2D eigenvalue weighted by molar-refractivity contribution is 5.71. The number of carbonyl (C=O) groups excluding carboxylic acids is 3. The van der Waals surface area contributed by atoms with E-state index in [-0.39, 0.29) is 31.1 Å². The zero-order valence-corrected chi connectivity index (χ0v) is 37.9. The van der Waals surface area contributed by atoms with E-state index in [2.05, 4.69) is 57.2 Å². The molecule has 1 atom stereocenters.